The van der Waals surface area contributed by atoms with Gasteiger partial charge in [-0.05, 0) is 31.1 Å². The maximum atomic E-state index is 11.7. The van der Waals surface area contributed by atoms with Gasteiger partial charge in [0.1, 0.15) is 5.78 Å². The number of hydrogen-bond donors (Lipinski definition) is 0. The Bertz CT molecular complexity index is 290. The minimum atomic E-state index is 0.521. The van der Waals surface area contributed by atoms with Gasteiger partial charge >= 0.3 is 0 Å². The van der Waals surface area contributed by atoms with Crippen molar-refractivity contribution in [3.63, 3.8) is 0 Å². The molecule has 2 nitrogen and oxygen atoms in total. The Morgan fingerprint density at radius 2 is 1.71 bits per heavy atom. The summed E-state index contributed by atoms with van der Waals surface area (Å²) >= 11 is 0. The third kappa shape index (κ3) is 2.29. The molecule has 0 aromatic rings. The fourth-order valence-corrected chi connectivity index (χ4v) is 4.35. The maximum absolute atomic E-state index is 11.7. The van der Waals surface area contributed by atoms with Gasteiger partial charge in [-0.25, -0.2) is 0 Å². The zero-order chi connectivity index (χ0) is 11.9. The number of carbonyl (C=O) groups is 1. The summed E-state index contributed by atoms with van der Waals surface area (Å²) < 4.78 is 0. The lowest BCUT2D eigenvalue weighted by atomic mass is 9.80. The van der Waals surface area contributed by atoms with E-state index in [1.165, 1.54) is 51.5 Å². The second-order valence-electron chi connectivity index (χ2n) is 6.88. The third-order valence-electron chi connectivity index (χ3n) is 5.31. The second-order valence-corrected chi connectivity index (χ2v) is 6.88. The lowest BCUT2D eigenvalue weighted by Gasteiger charge is -2.48. The van der Waals surface area contributed by atoms with Crippen molar-refractivity contribution in [3.8, 4) is 0 Å². The average molecular weight is 235 g/mol. The molecule has 0 spiro atoms. The molecule has 2 saturated heterocycles. The molecule has 2 aliphatic heterocycles. The minimum absolute atomic E-state index is 0.521. The van der Waals surface area contributed by atoms with E-state index in [-0.39, 0.29) is 0 Å². The van der Waals surface area contributed by atoms with Crippen LogP contribution in [0.2, 0.25) is 0 Å². The summed E-state index contributed by atoms with van der Waals surface area (Å²) in [7, 11) is 0. The van der Waals surface area contributed by atoms with Gasteiger partial charge in [0, 0.05) is 31.5 Å². The Morgan fingerprint density at radius 3 is 2.29 bits per heavy atom. The van der Waals surface area contributed by atoms with Crippen LogP contribution in [0, 0.1) is 5.41 Å². The number of piperidine rings is 2. The van der Waals surface area contributed by atoms with E-state index in [0.717, 1.165) is 12.8 Å². The molecule has 3 rings (SSSR count). The largest absolute Gasteiger partial charge is 0.300 e. The van der Waals surface area contributed by atoms with E-state index in [0.29, 0.717) is 23.3 Å². The fraction of sp³-hybridized carbons (Fsp3) is 0.933. The van der Waals surface area contributed by atoms with Gasteiger partial charge in [-0.3, -0.25) is 9.69 Å². The number of hydrogen-bond acceptors (Lipinski definition) is 2. The first-order valence-electron chi connectivity index (χ1n) is 7.44. The van der Waals surface area contributed by atoms with Crippen LogP contribution in [0.3, 0.4) is 0 Å². The minimum Gasteiger partial charge on any atom is -0.300 e. The molecule has 0 aromatic carbocycles. The zero-order valence-corrected chi connectivity index (χ0v) is 11.1. The van der Waals surface area contributed by atoms with Crippen LogP contribution in [0.1, 0.15) is 64.7 Å². The van der Waals surface area contributed by atoms with Crippen LogP contribution in [0.4, 0.5) is 0 Å². The summed E-state index contributed by atoms with van der Waals surface area (Å²) in [5.74, 6) is 0.521. The second kappa shape index (κ2) is 4.38. The van der Waals surface area contributed by atoms with Gasteiger partial charge in [-0.2, -0.15) is 0 Å². The first-order valence-corrected chi connectivity index (χ1v) is 7.44. The normalized spacial score (nSPS) is 37.4. The number of rotatable bonds is 2. The number of nitrogens with zero attached hydrogens (tertiary/aromatic N) is 1. The van der Waals surface area contributed by atoms with Crippen molar-refractivity contribution in [1.29, 1.82) is 0 Å². The monoisotopic (exact) mass is 235 g/mol. The highest BCUT2D eigenvalue weighted by Gasteiger charge is 2.41. The maximum Gasteiger partial charge on any atom is 0.136 e. The predicted molar refractivity (Wildman–Crippen MR) is 68.9 cm³/mol. The molecule has 17 heavy (non-hydrogen) atoms. The quantitative estimate of drug-likeness (QED) is 0.733. The molecular weight excluding hydrogens is 210 g/mol. The number of fused-ring (bicyclic) bond motifs is 2. The molecule has 2 heterocycles. The van der Waals surface area contributed by atoms with E-state index in [2.05, 4.69) is 11.8 Å². The van der Waals surface area contributed by atoms with Crippen LogP contribution < -0.4 is 0 Å². The van der Waals surface area contributed by atoms with Gasteiger partial charge in [0.05, 0.1) is 0 Å². The topological polar surface area (TPSA) is 20.3 Å². The van der Waals surface area contributed by atoms with Crippen molar-refractivity contribution < 1.29 is 4.79 Å². The number of ketones is 1. The Hall–Kier alpha value is -0.370. The van der Waals surface area contributed by atoms with Crippen molar-refractivity contribution in [3.05, 3.63) is 0 Å². The van der Waals surface area contributed by atoms with E-state index >= 15 is 0 Å². The van der Waals surface area contributed by atoms with Gasteiger partial charge < -0.3 is 0 Å². The molecule has 3 fully saturated rings. The molecule has 2 unspecified atom stereocenters. The summed E-state index contributed by atoms with van der Waals surface area (Å²) in [4.78, 5) is 14.4. The molecule has 0 radical (unpaired) electrons. The molecule has 3 aliphatic rings. The zero-order valence-electron chi connectivity index (χ0n) is 11.1. The van der Waals surface area contributed by atoms with Crippen molar-refractivity contribution in [1.82, 2.24) is 4.90 Å². The van der Waals surface area contributed by atoms with Crippen LogP contribution in [0.5, 0.6) is 0 Å². The molecule has 2 atom stereocenters. The van der Waals surface area contributed by atoms with Gasteiger partial charge in [-0.1, -0.05) is 26.2 Å². The Morgan fingerprint density at radius 1 is 1.12 bits per heavy atom. The van der Waals surface area contributed by atoms with Gasteiger partial charge in [0.2, 0.25) is 0 Å². The lowest BCUT2D eigenvalue weighted by Crippen LogP contribution is -2.55. The SMILES string of the molecule is CC1(CN2C3CCCC2CC(=O)C3)CCCC1. The van der Waals surface area contributed by atoms with Crippen LogP contribution in [0.15, 0.2) is 0 Å². The molecule has 1 aliphatic carbocycles. The van der Waals surface area contributed by atoms with Gasteiger partial charge in [0.25, 0.3) is 0 Å². The van der Waals surface area contributed by atoms with Crippen LogP contribution in [-0.2, 0) is 4.79 Å². The van der Waals surface area contributed by atoms with Gasteiger partial charge in [-0.15, -0.1) is 0 Å². The summed E-state index contributed by atoms with van der Waals surface area (Å²) in [6, 6.07) is 1.18. The van der Waals surface area contributed by atoms with E-state index < -0.39 is 0 Å². The average Bonchev–Trinajstić information content (AvgIpc) is 2.67. The Labute approximate surface area is 105 Å². The molecule has 2 heteroatoms. The van der Waals surface area contributed by atoms with Crippen molar-refractivity contribution >= 4 is 5.78 Å². The highest BCUT2D eigenvalue weighted by molar-refractivity contribution is 5.80. The van der Waals surface area contributed by atoms with Crippen molar-refractivity contribution in [2.75, 3.05) is 6.54 Å². The highest BCUT2D eigenvalue weighted by atomic mass is 16.1. The molecule has 2 bridgehead atoms. The summed E-state index contributed by atoms with van der Waals surface area (Å²) in [5.41, 5.74) is 0.550. The number of carbonyl (C=O) groups excluding carboxylic acids is 1. The van der Waals surface area contributed by atoms with E-state index in [4.69, 9.17) is 0 Å². The molecule has 0 aromatic heterocycles. The number of Topliss-reactive ketones (excluding diaryl/α,β-unsaturated/α-hetero) is 1. The standard InChI is InChI=1S/C15H25NO/c1-15(7-2-3-8-15)11-16-12-5-4-6-13(16)10-14(17)9-12/h12-13H,2-11H2,1H3. The van der Waals surface area contributed by atoms with Crippen molar-refractivity contribution in [2.45, 2.75) is 76.8 Å². The summed E-state index contributed by atoms with van der Waals surface area (Å²) in [6.07, 6.45) is 11.2. The molecule has 0 N–H and O–H groups in total. The Balaban J connectivity index is 1.71. The molecule has 96 valence electrons. The predicted octanol–water partition coefficient (Wildman–Crippen LogP) is 3.15. The first-order chi connectivity index (χ1) is 8.16. The summed E-state index contributed by atoms with van der Waals surface area (Å²) in [5, 5.41) is 0. The molecule has 1 saturated carbocycles. The molecular formula is C15H25NO. The molecule has 0 amide bonds. The van der Waals surface area contributed by atoms with Gasteiger partial charge in [0.15, 0.2) is 0 Å². The van der Waals surface area contributed by atoms with E-state index in [1.807, 2.05) is 0 Å². The van der Waals surface area contributed by atoms with Crippen LogP contribution in [-0.4, -0.2) is 29.3 Å². The highest BCUT2D eigenvalue weighted by Crippen LogP contribution is 2.42. The Kier molecular flexibility index (Phi) is 3.02. The first kappa shape index (κ1) is 11.7. The van der Waals surface area contributed by atoms with Crippen LogP contribution >= 0.6 is 0 Å². The fourth-order valence-electron chi connectivity index (χ4n) is 4.35. The smallest absolute Gasteiger partial charge is 0.136 e. The van der Waals surface area contributed by atoms with Crippen molar-refractivity contribution in [2.24, 2.45) is 5.41 Å². The lowest BCUT2D eigenvalue weighted by molar-refractivity contribution is -0.128. The van der Waals surface area contributed by atoms with E-state index in [9.17, 15) is 4.79 Å². The third-order valence-corrected chi connectivity index (χ3v) is 5.31. The van der Waals surface area contributed by atoms with E-state index in [1.54, 1.807) is 0 Å². The summed E-state index contributed by atoms with van der Waals surface area (Å²) in [6.45, 7) is 3.72. The van der Waals surface area contributed by atoms with Crippen LogP contribution in [0.25, 0.3) is 0 Å².